The van der Waals surface area contributed by atoms with Gasteiger partial charge in [0.05, 0.1) is 18.6 Å². The first-order valence-corrected chi connectivity index (χ1v) is 1.75. The van der Waals surface area contributed by atoms with Gasteiger partial charge in [-0.25, -0.2) is 0 Å². The first-order valence-electron chi connectivity index (χ1n) is 1.75. The van der Waals surface area contributed by atoms with Crippen molar-refractivity contribution in [1.82, 2.24) is 0 Å². The van der Waals surface area contributed by atoms with Gasteiger partial charge in [-0.3, -0.25) is 0 Å². The molecule has 3 N–H and O–H groups in total. The number of aliphatic carboxylic acids is 1. The number of aliphatic hydroxyl groups excluding tert-OH is 1. The zero-order valence-corrected chi connectivity index (χ0v) is 3.63. The van der Waals surface area contributed by atoms with E-state index >= 15 is 0 Å². The van der Waals surface area contributed by atoms with E-state index in [1.165, 1.54) is 0 Å². The number of carboxylic acid groups (broad SMARTS) is 1. The maximum absolute atomic E-state index is 9.53. The summed E-state index contributed by atoms with van der Waals surface area (Å²) < 4.78 is 0. The molecule has 0 radical (unpaired) electrons. The van der Waals surface area contributed by atoms with Crippen LogP contribution in [0.3, 0.4) is 0 Å². The van der Waals surface area contributed by atoms with Crippen LogP contribution < -0.4 is 10.8 Å². The molecule has 1 atom stereocenters. The molecule has 0 aromatic rings. The standard InChI is InChI=1S/C3H7NO3/c4-2(1-5)3(6)7/h2,5H,1,4H2,(H,6,7)/p-1/t2-/m1/s1. The van der Waals surface area contributed by atoms with Gasteiger partial charge in [-0.2, -0.15) is 0 Å². The Morgan fingerprint density at radius 1 is 2.00 bits per heavy atom. The molecule has 0 fully saturated rings. The summed E-state index contributed by atoms with van der Waals surface area (Å²) in [6.45, 7) is -0.567. The fraction of sp³-hybridized carbons (Fsp3) is 0.667. The molecule has 0 heterocycles. The second-order valence-corrected chi connectivity index (χ2v) is 1.11. The minimum absolute atomic E-state index is 0.567. The second-order valence-electron chi connectivity index (χ2n) is 1.11. The van der Waals surface area contributed by atoms with Crippen molar-refractivity contribution in [3.63, 3.8) is 0 Å². The van der Waals surface area contributed by atoms with Crippen LogP contribution in [0.5, 0.6) is 0 Å². The SMILES string of the molecule is N[C@H](CO)C(=O)[O-]. The molecule has 0 unspecified atom stereocenters. The van der Waals surface area contributed by atoms with Gasteiger partial charge in [-0.1, -0.05) is 0 Å². The van der Waals surface area contributed by atoms with E-state index in [4.69, 9.17) is 10.8 Å². The summed E-state index contributed by atoms with van der Waals surface area (Å²) in [6.07, 6.45) is 0. The van der Waals surface area contributed by atoms with Crippen molar-refractivity contribution in [3.05, 3.63) is 0 Å². The third kappa shape index (κ3) is 2.13. The van der Waals surface area contributed by atoms with E-state index in [0.717, 1.165) is 0 Å². The van der Waals surface area contributed by atoms with E-state index in [0.29, 0.717) is 0 Å². The van der Waals surface area contributed by atoms with Crippen LogP contribution >= 0.6 is 0 Å². The molecular weight excluding hydrogens is 98.0 g/mol. The highest BCUT2D eigenvalue weighted by atomic mass is 16.4. The predicted molar refractivity (Wildman–Crippen MR) is 20.1 cm³/mol. The fourth-order valence-corrected chi connectivity index (χ4v) is 0.0745. The normalized spacial score (nSPS) is 13.4. The molecule has 0 aliphatic carbocycles. The van der Waals surface area contributed by atoms with Crippen LogP contribution in [-0.2, 0) is 4.79 Å². The van der Waals surface area contributed by atoms with Crippen LogP contribution in [0.15, 0.2) is 0 Å². The number of hydrogen-bond donors (Lipinski definition) is 2. The van der Waals surface area contributed by atoms with Crippen LogP contribution in [-0.4, -0.2) is 23.7 Å². The Morgan fingerprint density at radius 2 is 2.43 bits per heavy atom. The van der Waals surface area contributed by atoms with Gasteiger partial charge in [0, 0.05) is 0 Å². The molecule has 0 bridgehead atoms. The maximum atomic E-state index is 9.53. The van der Waals surface area contributed by atoms with Crippen molar-refractivity contribution >= 4 is 5.97 Å². The van der Waals surface area contributed by atoms with Crippen LogP contribution in [0.4, 0.5) is 0 Å². The zero-order chi connectivity index (χ0) is 5.86. The molecule has 0 aliphatic rings. The average Bonchev–Trinajstić information content (AvgIpc) is 1.65. The van der Waals surface area contributed by atoms with Crippen LogP contribution in [0.1, 0.15) is 0 Å². The quantitative estimate of drug-likeness (QED) is 0.392. The van der Waals surface area contributed by atoms with Crippen LogP contribution in [0, 0.1) is 0 Å². The van der Waals surface area contributed by atoms with Gasteiger partial charge in [0.2, 0.25) is 0 Å². The molecule has 0 amide bonds. The molecule has 0 aromatic heterocycles. The summed E-state index contributed by atoms with van der Waals surface area (Å²) in [7, 11) is 0. The highest BCUT2D eigenvalue weighted by Gasteiger charge is 1.96. The van der Waals surface area contributed by atoms with Gasteiger partial charge >= 0.3 is 0 Å². The molecule has 0 saturated heterocycles. The summed E-state index contributed by atoms with van der Waals surface area (Å²) in [5, 5.41) is 17.5. The molecule has 0 saturated carbocycles. The number of nitrogens with two attached hydrogens (primary N) is 1. The fourth-order valence-electron chi connectivity index (χ4n) is 0.0745. The molecule has 0 rings (SSSR count). The van der Waals surface area contributed by atoms with Crippen molar-refractivity contribution < 1.29 is 15.0 Å². The largest absolute Gasteiger partial charge is 0.548 e. The Kier molecular flexibility index (Phi) is 2.32. The molecule has 0 aliphatic heterocycles. The van der Waals surface area contributed by atoms with E-state index in [-0.39, 0.29) is 0 Å². The van der Waals surface area contributed by atoms with E-state index < -0.39 is 18.6 Å². The summed E-state index contributed by atoms with van der Waals surface area (Å²) in [4.78, 5) is 9.53. The van der Waals surface area contributed by atoms with E-state index in [9.17, 15) is 9.90 Å². The van der Waals surface area contributed by atoms with Gasteiger partial charge in [0.1, 0.15) is 0 Å². The van der Waals surface area contributed by atoms with Gasteiger partial charge in [-0.15, -0.1) is 0 Å². The zero-order valence-electron chi connectivity index (χ0n) is 3.63. The monoisotopic (exact) mass is 104 g/mol. The van der Waals surface area contributed by atoms with E-state index in [1.54, 1.807) is 0 Å². The second kappa shape index (κ2) is 2.54. The Balaban J connectivity index is 3.34. The van der Waals surface area contributed by atoms with Crippen LogP contribution in [0.2, 0.25) is 0 Å². The molecule has 7 heavy (non-hydrogen) atoms. The average molecular weight is 104 g/mol. The van der Waals surface area contributed by atoms with Crippen molar-refractivity contribution in [1.29, 1.82) is 0 Å². The Hall–Kier alpha value is -0.610. The molecular formula is C3H6NO3-. The summed E-state index contributed by atoms with van der Waals surface area (Å²) in [5.41, 5.74) is 4.70. The smallest absolute Gasteiger partial charge is 0.0677 e. The van der Waals surface area contributed by atoms with E-state index in [2.05, 4.69) is 0 Å². The number of rotatable bonds is 2. The van der Waals surface area contributed by atoms with Crippen molar-refractivity contribution in [2.75, 3.05) is 6.61 Å². The lowest BCUT2D eigenvalue weighted by Gasteiger charge is -2.06. The first-order chi connectivity index (χ1) is 3.18. The Bertz CT molecular complexity index is 72.6. The topological polar surface area (TPSA) is 86.4 Å². The molecule has 0 aromatic carbocycles. The Morgan fingerprint density at radius 3 is 2.43 bits per heavy atom. The van der Waals surface area contributed by atoms with Gasteiger partial charge in [0.15, 0.2) is 0 Å². The predicted octanol–water partition coefficient (Wildman–Crippen LogP) is -2.94. The highest BCUT2D eigenvalue weighted by molar-refractivity contribution is 5.70. The molecule has 4 heteroatoms. The summed E-state index contributed by atoms with van der Waals surface area (Å²) in [5.74, 6) is -1.43. The van der Waals surface area contributed by atoms with Gasteiger partial charge < -0.3 is 20.7 Å². The lowest BCUT2D eigenvalue weighted by atomic mass is 10.3. The Labute approximate surface area is 40.6 Å². The lowest BCUT2D eigenvalue weighted by Crippen LogP contribution is -2.44. The number of hydrogen-bond acceptors (Lipinski definition) is 4. The van der Waals surface area contributed by atoms with Gasteiger partial charge in [-0.05, 0) is 0 Å². The maximum Gasteiger partial charge on any atom is 0.0677 e. The first kappa shape index (κ1) is 6.39. The number of carbonyl (C=O) groups is 1. The summed E-state index contributed by atoms with van der Waals surface area (Å²) in [6, 6.07) is -1.24. The van der Waals surface area contributed by atoms with Gasteiger partial charge in [0.25, 0.3) is 0 Å². The number of carbonyl (C=O) groups excluding carboxylic acids is 1. The molecule has 4 nitrogen and oxygen atoms in total. The number of aliphatic hydroxyl groups is 1. The van der Waals surface area contributed by atoms with E-state index in [1.807, 2.05) is 0 Å². The number of carboxylic acids is 1. The van der Waals surface area contributed by atoms with Crippen molar-refractivity contribution in [2.45, 2.75) is 6.04 Å². The van der Waals surface area contributed by atoms with Crippen molar-refractivity contribution in [2.24, 2.45) is 5.73 Å². The third-order valence-corrected chi connectivity index (χ3v) is 0.499. The lowest BCUT2D eigenvalue weighted by molar-refractivity contribution is -0.308. The minimum atomic E-state index is -1.43. The third-order valence-electron chi connectivity index (χ3n) is 0.499. The highest BCUT2D eigenvalue weighted by Crippen LogP contribution is 1.66. The summed E-state index contributed by atoms with van der Waals surface area (Å²) >= 11 is 0. The minimum Gasteiger partial charge on any atom is -0.548 e. The molecule has 42 valence electrons. The van der Waals surface area contributed by atoms with Crippen molar-refractivity contribution in [3.8, 4) is 0 Å². The van der Waals surface area contributed by atoms with Crippen LogP contribution in [0.25, 0.3) is 0 Å². The molecule has 0 spiro atoms.